The normalized spacial score (nSPS) is 42.9. The molecule has 1 unspecified atom stereocenters. The van der Waals surface area contributed by atoms with E-state index in [0.29, 0.717) is 10.3 Å². The fourth-order valence-corrected chi connectivity index (χ4v) is 8.40. The van der Waals surface area contributed by atoms with E-state index in [1.165, 1.54) is 83.7 Å². The van der Waals surface area contributed by atoms with Crippen molar-refractivity contribution in [2.24, 2.45) is 0 Å². The van der Waals surface area contributed by atoms with Crippen LogP contribution < -0.4 is 10.6 Å². The number of rotatable bonds is 0. The second kappa shape index (κ2) is 8.00. The Kier molecular flexibility index (Phi) is 5.91. The summed E-state index contributed by atoms with van der Waals surface area (Å²) in [5.41, 5.74) is 0.568. The molecule has 2 nitrogen and oxygen atoms in total. The first kappa shape index (κ1) is 18.5. The molecule has 4 heteroatoms. The summed E-state index contributed by atoms with van der Waals surface area (Å²) < 4.78 is 0.745. The molecule has 0 aromatic heterocycles. The van der Waals surface area contributed by atoms with Crippen LogP contribution in [0.3, 0.4) is 0 Å². The van der Waals surface area contributed by atoms with Crippen molar-refractivity contribution in [3.8, 4) is 0 Å². The summed E-state index contributed by atoms with van der Waals surface area (Å²) >= 11 is 0. The van der Waals surface area contributed by atoms with Gasteiger partial charge in [0, 0.05) is 29.9 Å². The Labute approximate surface area is 161 Å². The van der Waals surface area contributed by atoms with Crippen LogP contribution in [0.1, 0.15) is 70.6 Å². The van der Waals surface area contributed by atoms with Crippen molar-refractivity contribution >= 4 is 21.6 Å². The Morgan fingerprint density at radius 3 is 2.08 bits per heavy atom. The van der Waals surface area contributed by atoms with Gasteiger partial charge in [-0.05, 0) is 32.1 Å². The molecule has 0 bridgehead atoms. The third-order valence-corrected chi connectivity index (χ3v) is 10.7. The molecule has 25 heavy (non-hydrogen) atoms. The number of nitrogens with one attached hydrogen (secondary N) is 2. The van der Waals surface area contributed by atoms with E-state index in [1.807, 2.05) is 0 Å². The Morgan fingerprint density at radius 1 is 0.720 bits per heavy atom. The van der Waals surface area contributed by atoms with Gasteiger partial charge in [-0.1, -0.05) is 84.4 Å². The molecular weight excluding hydrogens is 344 g/mol. The highest BCUT2D eigenvalue weighted by molar-refractivity contribution is 8.77. The standard InChI is InChI=1S/C21H34N2S2/c1-4-10-19(16-23-19)11-5-2-7-13-20(12-6-1)17-22-18-21(25-24-20)14-8-3-9-15-21/h3,8-9,14,22-23H,1-2,4-7,10-13,15-18H2. The minimum Gasteiger partial charge on any atom is -0.314 e. The SMILES string of the molecule is C1=CCC2(C=C1)CNCC1(CCCCCC3(CCCCC1)CN3)SS2. The predicted molar refractivity (Wildman–Crippen MR) is 113 cm³/mol. The Morgan fingerprint density at radius 2 is 1.44 bits per heavy atom. The van der Waals surface area contributed by atoms with Gasteiger partial charge >= 0.3 is 0 Å². The Bertz CT molecular complexity index is 496. The van der Waals surface area contributed by atoms with E-state index < -0.39 is 0 Å². The molecule has 2 N–H and O–H groups in total. The molecule has 1 saturated carbocycles. The van der Waals surface area contributed by atoms with E-state index in [2.05, 4.69) is 56.5 Å². The fourth-order valence-electron chi connectivity index (χ4n) is 4.73. The smallest absolute Gasteiger partial charge is 0.0604 e. The Hall–Kier alpha value is 0.1000. The lowest BCUT2D eigenvalue weighted by atomic mass is 9.88. The molecule has 2 aliphatic heterocycles. The van der Waals surface area contributed by atoms with Gasteiger partial charge in [0.2, 0.25) is 0 Å². The summed E-state index contributed by atoms with van der Waals surface area (Å²) in [7, 11) is 4.40. The molecule has 0 aromatic rings. The second-order valence-corrected chi connectivity index (χ2v) is 11.8. The topological polar surface area (TPSA) is 34.0 Å². The fraction of sp³-hybridized carbons (Fsp3) is 0.810. The molecule has 2 heterocycles. The van der Waals surface area contributed by atoms with Crippen LogP contribution in [0.5, 0.6) is 0 Å². The van der Waals surface area contributed by atoms with E-state index in [4.69, 9.17) is 0 Å². The maximum absolute atomic E-state index is 3.87. The molecule has 4 aliphatic rings. The lowest BCUT2D eigenvalue weighted by Crippen LogP contribution is -2.40. The van der Waals surface area contributed by atoms with E-state index in [1.54, 1.807) is 0 Å². The van der Waals surface area contributed by atoms with Gasteiger partial charge in [0.25, 0.3) is 0 Å². The van der Waals surface area contributed by atoms with Crippen molar-refractivity contribution < 1.29 is 0 Å². The van der Waals surface area contributed by atoms with E-state index in [-0.39, 0.29) is 4.75 Å². The Balaban J connectivity index is 1.37. The minimum atomic E-state index is 0.288. The first-order valence-electron chi connectivity index (χ1n) is 10.4. The van der Waals surface area contributed by atoms with Crippen molar-refractivity contribution in [3.63, 3.8) is 0 Å². The van der Waals surface area contributed by atoms with Crippen molar-refractivity contribution in [1.82, 2.24) is 10.6 Å². The number of allylic oxidation sites excluding steroid dienone is 3. The van der Waals surface area contributed by atoms with Crippen LogP contribution in [-0.2, 0) is 0 Å². The minimum absolute atomic E-state index is 0.288. The third kappa shape index (κ3) is 4.69. The molecule has 3 spiro atoms. The maximum Gasteiger partial charge on any atom is 0.0604 e. The lowest BCUT2D eigenvalue weighted by molar-refractivity contribution is 0.392. The van der Waals surface area contributed by atoms with Gasteiger partial charge in [0.05, 0.1) is 4.75 Å². The highest BCUT2D eigenvalue weighted by Gasteiger charge is 2.42. The van der Waals surface area contributed by atoms with Crippen LogP contribution >= 0.6 is 21.6 Å². The molecule has 1 atom stereocenters. The van der Waals surface area contributed by atoms with E-state index >= 15 is 0 Å². The van der Waals surface area contributed by atoms with Gasteiger partial charge in [-0.25, -0.2) is 0 Å². The summed E-state index contributed by atoms with van der Waals surface area (Å²) in [4.78, 5) is 0. The van der Waals surface area contributed by atoms with Crippen molar-refractivity contribution in [2.75, 3.05) is 19.6 Å². The number of hydrogen-bond acceptors (Lipinski definition) is 4. The van der Waals surface area contributed by atoms with Crippen LogP contribution in [-0.4, -0.2) is 34.7 Å². The maximum atomic E-state index is 3.87. The highest BCUT2D eigenvalue weighted by Crippen LogP contribution is 2.52. The first-order chi connectivity index (χ1) is 12.2. The summed E-state index contributed by atoms with van der Waals surface area (Å²) in [5.74, 6) is 0. The first-order valence-corrected chi connectivity index (χ1v) is 12.6. The zero-order valence-electron chi connectivity index (χ0n) is 15.5. The van der Waals surface area contributed by atoms with Crippen LogP contribution in [0.2, 0.25) is 0 Å². The molecule has 0 aromatic carbocycles. The highest BCUT2D eigenvalue weighted by atomic mass is 33.1. The van der Waals surface area contributed by atoms with Crippen molar-refractivity contribution in [2.45, 2.75) is 85.7 Å². The van der Waals surface area contributed by atoms with Gasteiger partial charge in [-0.3, -0.25) is 0 Å². The molecule has 3 fully saturated rings. The largest absolute Gasteiger partial charge is 0.314 e. The average molecular weight is 379 g/mol. The molecular formula is C21H34N2S2. The van der Waals surface area contributed by atoms with Gasteiger partial charge < -0.3 is 10.6 Å². The van der Waals surface area contributed by atoms with Gasteiger partial charge in [-0.2, -0.15) is 0 Å². The molecule has 4 rings (SSSR count). The van der Waals surface area contributed by atoms with Crippen LogP contribution in [0.4, 0.5) is 0 Å². The monoisotopic (exact) mass is 378 g/mol. The van der Waals surface area contributed by atoms with Crippen LogP contribution in [0.25, 0.3) is 0 Å². The summed E-state index contributed by atoms with van der Waals surface area (Å²) in [6, 6.07) is 0. The van der Waals surface area contributed by atoms with Gasteiger partial charge in [0.1, 0.15) is 0 Å². The third-order valence-electron chi connectivity index (χ3n) is 6.62. The van der Waals surface area contributed by atoms with E-state index in [9.17, 15) is 0 Å². The van der Waals surface area contributed by atoms with Crippen LogP contribution in [0, 0.1) is 0 Å². The van der Waals surface area contributed by atoms with Gasteiger partial charge in [-0.15, -0.1) is 0 Å². The molecule has 0 radical (unpaired) electrons. The zero-order chi connectivity index (χ0) is 17.1. The quantitative estimate of drug-likeness (QED) is 0.447. The van der Waals surface area contributed by atoms with E-state index in [0.717, 1.165) is 6.54 Å². The van der Waals surface area contributed by atoms with Gasteiger partial charge in [0.15, 0.2) is 0 Å². The molecule has 2 saturated heterocycles. The van der Waals surface area contributed by atoms with Crippen LogP contribution in [0.15, 0.2) is 24.3 Å². The van der Waals surface area contributed by atoms with Crippen molar-refractivity contribution in [1.29, 1.82) is 0 Å². The number of hydrogen-bond donors (Lipinski definition) is 2. The summed E-state index contributed by atoms with van der Waals surface area (Å²) in [6.07, 6.45) is 24.5. The summed E-state index contributed by atoms with van der Waals surface area (Å²) in [5, 5.41) is 7.54. The predicted octanol–water partition coefficient (Wildman–Crippen LogP) is 5.22. The van der Waals surface area contributed by atoms with Crippen molar-refractivity contribution in [3.05, 3.63) is 24.3 Å². The lowest BCUT2D eigenvalue weighted by Gasteiger charge is -2.33. The second-order valence-electron chi connectivity index (χ2n) is 8.76. The summed E-state index contributed by atoms with van der Waals surface area (Å²) in [6.45, 7) is 3.62. The molecule has 2 aliphatic carbocycles. The molecule has 0 amide bonds. The average Bonchev–Trinajstić information content (AvgIpc) is 3.41. The molecule has 140 valence electrons. The zero-order valence-corrected chi connectivity index (χ0v) is 17.2.